The molecule has 0 spiro atoms. The van der Waals surface area contributed by atoms with Crippen molar-refractivity contribution in [1.29, 1.82) is 0 Å². The molecule has 8 heteroatoms. The van der Waals surface area contributed by atoms with Crippen molar-refractivity contribution < 1.29 is 4.74 Å². The number of nitrogens with one attached hydrogen (secondary N) is 1. The third-order valence-electron chi connectivity index (χ3n) is 7.23. The highest BCUT2D eigenvalue weighted by Crippen LogP contribution is 2.33. The molecular weight excluding hydrogens is 390 g/mol. The maximum absolute atomic E-state index is 5.53. The minimum absolute atomic E-state index is 0.521. The van der Waals surface area contributed by atoms with Gasteiger partial charge < -0.3 is 19.5 Å². The van der Waals surface area contributed by atoms with Gasteiger partial charge in [-0.05, 0) is 32.1 Å². The van der Waals surface area contributed by atoms with Gasteiger partial charge in [0.15, 0.2) is 17.0 Å². The Morgan fingerprint density at radius 2 is 1.74 bits per heavy atom. The second-order valence-corrected chi connectivity index (χ2v) is 9.28. The largest absolute Gasteiger partial charge is 0.379 e. The van der Waals surface area contributed by atoms with Gasteiger partial charge >= 0.3 is 0 Å². The van der Waals surface area contributed by atoms with Crippen LogP contribution >= 0.6 is 0 Å². The molecule has 170 valence electrons. The number of morpholine rings is 1. The van der Waals surface area contributed by atoms with E-state index in [0.717, 1.165) is 75.3 Å². The summed E-state index contributed by atoms with van der Waals surface area (Å²) in [7, 11) is 0. The minimum Gasteiger partial charge on any atom is -0.379 e. The van der Waals surface area contributed by atoms with Crippen molar-refractivity contribution in [1.82, 2.24) is 24.4 Å². The van der Waals surface area contributed by atoms with Crippen molar-refractivity contribution in [3.8, 4) is 0 Å². The van der Waals surface area contributed by atoms with Crippen LogP contribution in [0.5, 0.6) is 0 Å². The molecule has 5 rings (SSSR count). The van der Waals surface area contributed by atoms with E-state index in [1.54, 1.807) is 0 Å². The fourth-order valence-corrected chi connectivity index (χ4v) is 5.41. The fraction of sp³-hybridized carbons (Fsp3) is 0.783. The number of aromatic nitrogens is 4. The normalized spacial score (nSPS) is 22.3. The van der Waals surface area contributed by atoms with E-state index in [9.17, 15) is 0 Å². The van der Waals surface area contributed by atoms with Gasteiger partial charge in [0.25, 0.3) is 0 Å². The molecule has 0 radical (unpaired) electrons. The molecule has 0 atom stereocenters. The molecule has 31 heavy (non-hydrogen) atoms. The number of nitrogens with zero attached hydrogens (tertiary/aromatic N) is 6. The molecule has 0 amide bonds. The molecular formula is C23H37N7O. The monoisotopic (exact) mass is 427 g/mol. The highest BCUT2D eigenvalue weighted by molar-refractivity contribution is 5.84. The van der Waals surface area contributed by atoms with Crippen LogP contribution in [0, 0.1) is 0 Å². The number of hydrogen-bond donors (Lipinski definition) is 1. The molecule has 8 nitrogen and oxygen atoms in total. The molecule has 1 N–H and O–H groups in total. The van der Waals surface area contributed by atoms with Crippen LogP contribution in [0.2, 0.25) is 0 Å². The van der Waals surface area contributed by atoms with E-state index in [1.807, 2.05) is 6.33 Å². The predicted molar refractivity (Wildman–Crippen MR) is 124 cm³/mol. The average Bonchev–Trinajstić information content (AvgIpc) is 3.28. The lowest BCUT2D eigenvalue weighted by molar-refractivity contribution is 0.0114. The van der Waals surface area contributed by atoms with Crippen molar-refractivity contribution in [2.45, 2.75) is 70.4 Å². The van der Waals surface area contributed by atoms with Gasteiger partial charge in [0.2, 0.25) is 5.95 Å². The van der Waals surface area contributed by atoms with Crippen LogP contribution in [-0.2, 0) is 4.74 Å². The maximum atomic E-state index is 5.53. The van der Waals surface area contributed by atoms with Crippen LogP contribution in [0.25, 0.3) is 11.2 Å². The molecule has 3 fully saturated rings. The molecule has 1 saturated carbocycles. The standard InChI is InChI=1S/C23H37N7O/c1-2-10-24-21-20-22(30(17-25-20)19-6-4-3-5-7-19)27-23(26-21)29-11-8-18(9-12-29)28-13-15-31-16-14-28/h17-19H,2-16H2,1H3,(H,24,26,27). The van der Waals surface area contributed by atoms with Crippen molar-refractivity contribution >= 4 is 22.9 Å². The molecule has 0 aromatic carbocycles. The van der Waals surface area contributed by atoms with Crippen molar-refractivity contribution in [3.63, 3.8) is 0 Å². The van der Waals surface area contributed by atoms with Gasteiger partial charge in [0.1, 0.15) is 0 Å². The summed E-state index contributed by atoms with van der Waals surface area (Å²) in [6, 6.07) is 1.18. The molecule has 0 bridgehead atoms. The molecule has 2 aromatic rings. The fourth-order valence-electron chi connectivity index (χ4n) is 5.41. The van der Waals surface area contributed by atoms with E-state index in [2.05, 4.69) is 26.6 Å². The predicted octanol–water partition coefficient (Wildman–Crippen LogP) is 3.45. The first-order valence-corrected chi connectivity index (χ1v) is 12.4. The maximum Gasteiger partial charge on any atom is 0.229 e. The molecule has 2 aromatic heterocycles. The molecule has 4 heterocycles. The number of hydrogen-bond acceptors (Lipinski definition) is 7. The summed E-state index contributed by atoms with van der Waals surface area (Å²) < 4.78 is 7.86. The molecule has 1 aliphatic carbocycles. The summed E-state index contributed by atoms with van der Waals surface area (Å²) in [5.41, 5.74) is 1.93. The van der Waals surface area contributed by atoms with E-state index < -0.39 is 0 Å². The Morgan fingerprint density at radius 1 is 0.968 bits per heavy atom. The van der Waals surface area contributed by atoms with E-state index >= 15 is 0 Å². The van der Waals surface area contributed by atoms with Crippen molar-refractivity contribution in [2.75, 3.05) is 56.2 Å². The topological polar surface area (TPSA) is 71.3 Å². The van der Waals surface area contributed by atoms with Crippen LogP contribution in [0.15, 0.2) is 6.33 Å². The lowest BCUT2D eigenvalue weighted by Crippen LogP contribution is -2.49. The zero-order chi connectivity index (χ0) is 21.0. The first-order valence-electron chi connectivity index (χ1n) is 12.4. The molecule has 2 aliphatic heterocycles. The van der Waals surface area contributed by atoms with E-state index in [4.69, 9.17) is 19.7 Å². The summed E-state index contributed by atoms with van der Waals surface area (Å²) in [4.78, 5) is 19.8. The number of ether oxygens (including phenoxy) is 1. The Morgan fingerprint density at radius 3 is 2.48 bits per heavy atom. The second-order valence-electron chi connectivity index (χ2n) is 9.28. The van der Waals surface area contributed by atoms with Crippen LogP contribution in [0.4, 0.5) is 11.8 Å². The lowest BCUT2D eigenvalue weighted by atomic mass is 9.95. The van der Waals surface area contributed by atoms with Gasteiger partial charge in [-0.25, -0.2) is 4.98 Å². The summed E-state index contributed by atoms with van der Waals surface area (Å²) in [5.74, 6) is 1.76. The van der Waals surface area contributed by atoms with Gasteiger partial charge in [-0.2, -0.15) is 9.97 Å². The van der Waals surface area contributed by atoms with E-state index in [-0.39, 0.29) is 0 Å². The van der Waals surface area contributed by atoms with Crippen LogP contribution in [0.1, 0.15) is 64.3 Å². The Bertz CT molecular complexity index is 849. The molecule has 0 unspecified atom stereocenters. The van der Waals surface area contributed by atoms with Crippen LogP contribution < -0.4 is 10.2 Å². The summed E-state index contributed by atoms with van der Waals surface area (Å²) >= 11 is 0. The Hall–Kier alpha value is -1.93. The van der Waals surface area contributed by atoms with Crippen molar-refractivity contribution in [3.05, 3.63) is 6.33 Å². The SMILES string of the molecule is CCCNc1nc(N2CCC(N3CCOCC3)CC2)nc2c1ncn2C1CCCCC1. The summed E-state index contributed by atoms with van der Waals surface area (Å²) in [5, 5.41) is 3.52. The Balaban J connectivity index is 1.38. The zero-order valence-corrected chi connectivity index (χ0v) is 18.9. The Kier molecular flexibility index (Phi) is 6.55. The number of piperidine rings is 1. The highest BCUT2D eigenvalue weighted by Gasteiger charge is 2.28. The zero-order valence-electron chi connectivity index (χ0n) is 18.9. The van der Waals surface area contributed by atoms with E-state index in [0.29, 0.717) is 12.1 Å². The Labute approximate surface area is 185 Å². The van der Waals surface area contributed by atoms with E-state index in [1.165, 1.54) is 44.9 Å². The second kappa shape index (κ2) is 9.69. The smallest absolute Gasteiger partial charge is 0.229 e. The first kappa shape index (κ1) is 20.9. The lowest BCUT2D eigenvalue weighted by Gasteiger charge is -2.40. The average molecular weight is 428 g/mol. The van der Waals surface area contributed by atoms with Crippen LogP contribution in [-0.4, -0.2) is 76.4 Å². The van der Waals surface area contributed by atoms with Gasteiger partial charge in [0.05, 0.1) is 19.5 Å². The molecule has 3 aliphatic rings. The van der Waals surface area contributed by atoms with Gasteiger partial charge in [-0.1, -0.05) is 26.2 Å². The van der Waals surface area contributed by atoms with Crippen LogP contribution in [0.3, 0.4) is 0 Å². The number of anilines is 2. The third-order valence-corrected chi connectivity index (χ3v) is 7.23. The molecule has 2 saturated heterocycles. The highest BCUT2D eigenvalue weighted by atomic mass is 16.5. The minimum atomic E-state index is 0.521. The quantitative estimate of drug-likeness (QED) is 0.757. The number of rotatable bonds is 6. The van der Waals surface area contributed by atoms with Crippen molar-refractivity contribution in [2.24, 2.45) is 0 Å². The third kappa shape index (κ3) is 4.51. The summed E-state index contributed by atoms with van der Waals surface area (Å²) in [6.45, 7) is 8.99. The number of imidazole rings is 1. The van der Waals surface area contributed by atoms with Gasteiger partial charge in [-0.3, -0.25) is 4.90 Å². The van der Waals surface area contributed by atoms with Gasteiger partial charge in [-0.15, -0.1) is 0 Å². The number of fused-ring (bicyclic) bond motifs is 1. The first-order chi connectivity index (χ1) is 15.3. The summed E-state index contributed by atoms with van der Waals surface area (Å²) in [6.07, 6.45) is 11.8. The van der Waals surface area contributed by atoms with Gasteiger partial charge in [0, 0.05) is 44.8 Å².